The number of anilines is 1. The monoisotopic (exact) mass is 294 g/mol. The first-order valence-electron chi connectivity index (χ1n) is 7.25. The molecule has 116 valence electrons. The maximum Gasteiger partial charge on any atom is 0.313 e. The minimum Gasteiger partial charge on any atom is -0.376 e. The largest absolute Gasteiger partial charge is 0.376 e. The summed E-state index contributed by atoms with van der Waals surface area (Å²) in [5.74, 6) is -1.35. The van der Waals surface area contributed by atoms with E-state index in [0.717, 1.165) is 12.8 Å². The molecule has 0 spiro atoms. The molecule has 0 saturated carbocycles. The molecule has 0 unspecified atom stereocenters. The molecule has 1 aliphatic heterocycles. The molecular weight excluding hydrogens is 272 g/mol. The molecule has 2 rings (SSSR count). The van der Waals surface area contributed by atoms with Gasteiger partial charge in [-0.1, -0.05) is 0 Å². The van der Waals surface area contributed by atoms with Crippen molar-refractivity contribution in [2.75, 3.05) is 11.9 Å². The Morgan fingerprint density at radius 2 is 2.14 bits per heavy atom. The van der Waals surface area contributed by atoms with Crippen LogP contribution in [-0.4, -0.2) is 40.3 Å². The van der Waals surface area contributed by atoms with Crippen LogP contribution in [0.15, 0.2) is 12.4 Å². The summed E-state index contributed by atoms with van der Waals surface area (Å²) in [7, 11) is 0. The van der Waals surface area contributed by atoms with Gasteiger partial charge in [0.2, 0.25) is 0 Å². The van der Waals surface area contributed by atoms with Gasteiger partial charge in [0.1, 0.15) is 0 Å². The van der Waals surface area contributed by atoms with E-state index in [2.05, 4.69) is 15.7 Å². The zero-order valence-electron chi connectivity index (χ0n) is 12.6. The number of carbonyl (C=O) groups is 2. The van der Waals surface area contributed by atoms with Crippen LogP contribution in [0.4, 0.5) is 5.69 Å². The second-order valence-electron chi connectivity index (χ2n) is 5.57. The van der Waals surface area contributed by atoms with Gasteiger partial charge in [-0.2, -0.15) is 5.10 Å². The molecule has 1 aromatic rings. The van der Waals surface area contributed by atoms with Gasteiger partial charge < -0.3 is 15.4 Å². The van der Waals surface area contributed by atoms with E-state index in [1.54, 1.807) is 10.9 Å². The van der Waals surface area contributed by atoms with Crippen molar-refractivity contribution >= 4 is 17.5 Å². The van der Waals surface area contributed by atoms with Gasteiger partial charge in [0, 0.05) is 18.8 Å². The Morgan fingerprint density at radius 1 is 1.38 bits per heavy atom. The van der Waals surface area contributed by atoms with Gasteiger partial charge in [-0.3, -0.25) is 14.3 Å². The quantitative estimate of drug-likeness (QED) is 0.814. The van der Waals surface area contributed by atoms with Crippen molar-refractivity contribution in [1.29, 1.82) is 0 Å². The Bertz CT molecular complexity index is 506. The molecular formula is C14H22N4O3. The highest BCUT2D eigenvalue weighted by atomic mass is 16.5. The molecule has 21 heavy (non-hydrogen) atoms. The van der Waals surface area contributed by atoms with Crippen LogP contribution >= 0.6 is 0 Å². The van der Waals surface area contributed by atoms with E-state index in [-0.39, 0.29) is 18.2 Å². The topological polar surface area (TPSA) is 85.2 Å². The number of hydrogen-bond donors (Lipinski definition) is 2. The van der Waals surface area contributed by atoms with Gasteiger partial charge in [0.15, 0.2) is 0 Å². The van der Waals surface area contributed by atoms with E-state index in [1.807, 2.05) is 20.8 Å². The average molecular weight is 294 g/mol. The van der Waals surface area contributed by atoms with Gasteiger partial charge in [-0.15, -0.1) is 0 Å². The zero-order chi connectivity index (χ0) is 15.4. The lowest BCUT2D eigenvalue weighted by molar-refractivity contribution is -0.137. The van der Waals surface area contributed by atoms with Gasteiger partial charge in [-0.05, 0) is 33.6 Å². The van der Waals surface area contributed by atoms with Gasteiger partial charge in [0.05, 0.1) is 24.0 Å². The Labute approximate surface area is 124 Å². The predicted molar refractivity (Wildman–Crippen MR) is 77.8 cm³/mol. The molecule has 7 nitrogen and oxygen atoms in total. The first-order chi connectivity index (χ1) is 9.97. The van der Waals surface area contributed by atoms with E-state index in [9.17, 15) is 9.59 Å². The molecule has 2 amide bonds. The molecule has 0 bridgehead atoms. The van der Waals surface area contributed by atoms with Crippen LogP contribution in [-0.2, 0) is 14.3 Å². The fourth-order valence-corrected chi connectivity index (χ4v) is 2.24. The number of amides is 2. The maximum atomic E-state index is 11.8. The van der Waals surface area contributed by atoms with E-state index in [1.165, 1.54) is 6.20 Å². The summed E-state index contributed by atoms with van der Waals surface area (Å²) in [6.07, 6.45) is 5.11. The van der Waals surface area contributed by atoms with Gasteiger partial charge >= 0.3 is 11.8 Å². The molecule has 1 fully saturated rings. The van der Waals surface area contributed by atoms with Crippen molar-refractivity contribution in [2.24, 2.45) is 0 Å². The van der Waals surface area contributed by atoms with Crippen molar-refractivity contribution < 1.29 is 14.3 Å². The number of hydrogen-bond acceptors (Lipinski definition) is 4. The highest BCUT2D eigenvalue weighted by molar-refractivity contribution is 6.39. The van der Waals surface area contributed by atoms with E-state index < -0.39 is 11.8 Å². The second kappa shape index (κ2) is 6.71. The zero-order valence-corrected chi connectivity index (χ0v) is 12.6. The van der Waals surface area contributed by atoms with Crippen LogP contribution in [0.1, 0.15) is 39.7 Å². The number of nitrogens with zero attached hydrogens (tertiary/aromatic N) is 2. The summed E-state index contributed by atoms with van der Waals surface area (Å²) in [5, 5.41) is 9.31. The Kier molecular flexibility index (Phi) is 4.95. The molecule has 2 heterocycles. The van der Waals surface area contributed by atoms with E-state index in [0.29, 0.717) is 12.3 Å². The van der Waals surface area contributed by atoms with Crippen LogP contribution in [0.5, 0.6) is 0 Å². The van der Waals surface area contributed by atoms with E-state index in [4.69, 9.17) is 4.74 Å². The molecule has 0 aliphatic carbocycles. The summed E-state index contributed by atoms with van der Waals surface area (Å²) in [6, 6.07) is 0.0214. The molecule has 2 atom stereocenters. The van der Waals surface area contributed by atoms with Crippen molar-refractivity contribution in [3.63, 3.8) is 0 Å². The minimum absolute atomic E-state index is 0.00885. The molecule has 1 saturated heterocycles. The molecule has 0 radical (unpaired) electrons. The average Bonchev–Trinajstić information content (AvgIpc) is 3.09. The maximum absolute atomic E-state index is 11.8. The Hall–Kier alpha value is -1.89. The van der Waals surface area contributed by atoms with Crippen LogP contribution in [0.25, 0.3) is 0 Å². The Morgan fingerprint density at radius 3 is 2.71 bits per heavy atom. The normalized spacial score (nSPS) is 19.5. The second-order valence-corrected chi connectivity index (χ2v) is 5.57. The lowest BCUT2D eigenvalue weighted by atomic mass is 10.1. The third-order valence-electron chi connectivity index (χ3n) is 3.48. The van der Waals surface area contributed by atoms with Gasteiger partial charge in [0.25, 0.3) is 0 Å². The first-order valence-corrected chi connectivity index (χ1v) is 7.25. The minimum atomic E-state index is -0.692. The first kappa shape index (κ1) is 15.5. The van der Waals surface area contributed by atoms with Crippen LogP contribution in [0, 0.1) is 0 Å². The SMILES string of the molecule is CC(C)n1cc(NC(=O)C(=O)N[C@H](C)[C@@H]2CCCO2)cn1. The summed E-state index contributed by atoms with van der Waals surface area (Å²) in [5.41, 5.74) is 0.508. The fourth-order valence-electron chi connectivity index (χ4n) is 2.24. The lowest BCUT2D eigenvalue weighted by Gasteiger charge is -2.19. The number of nitrogens with one attached hydrogen (secondary N) is 2. The highest BCUT2D eigenvalue weighted by Crippen LogP contribution is 2.15. The number of aromatic nitrogens is 2. The third kappa shape index (κ3) is 4.04. The summed E-state index contributed by atoms with van der Waals surface area (Å²) in [4.78, 5) is 23.7. The number of ether oxygens (including phenoxy) is 1. The molecule has 2 N–H and O–H groups in total. The molecule has 1 aliphatic rings. The van der Waals surface area contributed by atoms with Crippen molar-refractivity contribution in [2.45, 2.75) is 51.8 Å². The van der Waals surface area contributed by atoms with Crippen molar-refractivity contribution in [1.82, 2.24) is 15.1 Å². The van der Waals surface area contributed by atoms with Gasteiger partial charge in [-0.25, -0.2) is 0 Å². The van der Waals surface area contributed by atoms with Crippen LogP contribution in [0.3, 0.4) is 0 Å². The molecule has 7 heteroatoms. The van der Waals surface area contributed by atoms with Crippen molar-refractivity contribution in [3.05, 3.63) is 12.4 Å². The fraction of sp³-hybridized carbons (Fsp3) is 0.643. The summed E-state index contributed by atoms with van der Waals surface area (Å²) in [6.45, 7) is 6.52. The van der Waals surface area contributed by atoms with Crippen LogP contribution in [0.2, 0.25) is 0 Å². The number of rotatable bonds is 4. The predicted octanol–water partition coefficient (Wildman–Crippen LogP) is 1.09. The van der Waals surface area contributed by atoms with Crippen molar-refractivity contribution in [3.8, 4) is 0 Å². The lowest BCUT2D eigenvalue weighted by Crippen LogP contribution is -2.45. The third-order valence-corrected chi connectivity index (χ3v) is 3.48. The Balaban J connectivity index is 1.85. The molecule has 0 aromatic carbocycles. The summed E-state index contributed by atoms with van der Waals surface area (Å²) < 4.78 is 7.19. The summed E-state index contributed by atoms with van der Waals surface area (Å²) >= 11 is 0. The smallest absolute Gasteiger partial charge is 0.313 e. The number of carbonyl (C=O) groups excluding carboxylic acids is 2. The van der Waals surface area contributed by atoms with E-state index >= 15 is 0 Å². The highest BCUT2D eigenvalue weighted by Gasteiger charge is 2.25. The molecule has 1 aromatic heterocycles. The van der Waals surface area contributed by atoms with Crippen LogP contribution < -0.4 is 10.6 Å². The standard InChI is InChI=1S/C14H22N4O3/c1-9(2)18-8-11(7-15-18)17-14(20)13(19)16-10(3)12-5-4-6-21-12/h7-10,12H,4-6H2,1-3H3,(H,16,19)(H,17,20)/t10-,12+/m1/s1.